The predicted molar refractivity (Wildman–Crippen MR) is 83.4 cm³/mol. The molecule has 21 heavy (non-hydrogen) atoms. The molecule has 0 bridgehead atoms. The summed E-state index contributed by atoms with van der Waals surface area (Å²) >= 11 is 5.86. The number of benzene rings is 1. The van der Waals surface area contributed by atoms with Gasteiger partial charge >= 0.3 is 0 Å². The average molecular weight is 295 g/mol. The summed E-state index contributed by atoms with van der Waals surface area (Å²) in [4.78, 5) is 16.7. The Bertz CT molecular complexity index is 737. The van der Waals surface area contributed by atoms with Crippen molar-refractivity contribution in [1.29, 1.82) is 0 Å². The third-order valence-corrected chi connectivity index (χ3v) is 3.08. The Morgan fingerprint density at radius 2 is 1.62 bits per heavy atom. The summed E-state index contributed by atoms with van der Waals surface area (Å²) in [5, 5.41) is 0.697. The van der Waals surface area contributed by atoms with Crippen LogP contribution in [0.15, 0.2) is 55.2 Å². The van der Waals surface area contributed by atoms with Gasteiger partial charge in [-0.2, -0.15) is 0 Å². The molecule has 0 unspecified atom stereocenters. The Morgan fingerprint density at radius 3 is 2.29 bits per heavy atom. The number of rotatable bonds is 3. The Hall–Kier alpha value is -2.59. The highest BCUT2D eigenvalue weighted by atomic mass is 35.5. The van der Waals surface area contributed by atoms with Gasteiger partial charge in [-0.3, -0.25) is 0 Å². The smallest absolute Gasteiger partial charge is 0.159 e. The van der Waals surface area contributed by atoms with E-state index in [1.54, 1.807) is 18.6 Å². The molecule has 4 nitrogen and oxygen atoms in total. The molecule has 0 saturated carbocycles. The van der Waals surface area contributed by atoms with Crippen molar-refractivity contribution in [2.75, 3.05) is 0 Å². The van der Waals surface area contributed by atoms with Gasteiger partial charge in [0.25, 0.3) is 0 Å². The van der Waals surface area contributed by atoms with Crippen molar-refractivity contribution in [1.82, 2.24) is 19.9 Å². The van der Waals surface area contributed by atoms with E-state index in [-0.39, 0.29) is 0 Å². The molecule has 1 aromatic carbocycles. The molecule has 0 N–H and O–H groups in total. The van der Waals surface area contributed by atoms with E-state index >= 15 is 0 Å². The number of halogens is 1. The molecular weight excluding hydrogens is 284 g/mol. The monoisotopic (exact) mass is 294 g/mol. The molecule has 2 heterocycles. The quantitative estimate of drug-likeness (QED) is 0.738. The molecular formula is C16H11ClN4. The van der Waals surface area contributed by atoms with Gasteiger partial charge in [0.15, 0.2) is 5.82 Å². The van der Waals surface area contributed by atoms with E-state index in [1.807, 2.05) is 42.5 Å². The van der Waals surface area contributed by atoms with Crippen molar-refractivity contribution < 1.29 is 0 Å². The lowest BCUT2D eigenvalue weighted by Crippen LogP contribution is -1.89. The number of nitrogens with zero attached hydrogens (tertiary/aromatic N) is 4. The molecule has 3 aromatic rings. The van der Waals surface area contributed by atoms with Gasteiger partial charge < -0.3 is 0 Å². The molecule has 0 spiro atoms. The van der Waals surface area contributed by atoms with Gasteiger partial charge in [-0.15, -0.1) is 0 Å². The van der Waals surface area contributed by atoms with Crippen molar-refractivity contribution in [3.63, 3.8) is 0 Å². The van der Waals surface area contributed by atoms with Gasteiger partial charge in [-0.05, 0) is 42.5 Å². The van der Waals surface area contributed by atoms with E-state index in [0.29, 0.717) is 10.8 Å². The van der Waals surface area contributed by atoms with E-state index in [0.717, 1.165) is 16.8 Å². The summed E-state index contributed by atoms with van der Waals surface area (Å²) < 4.78 is 0. The summed E-state index contributed by atoms with van der Waals surface area (Å²) in [7, 11) is 0. The van der Waals surface area contributed by atoms with Crippen LogP contribution in [0.25, 0.3) is 23.5 Å². The Balaban J connectivity index is 1.78. The van der Waals surface area contributed by atoms with Crippen LogP contribution in [0, 0.1) is 0 Å². The summed E-state index contributed by atoms with van der Waals surface area (Å²) in [6, 6.07) is 9.27. The molecule has 0 atom stereocenters. The van der Waals surface area contributed by atoms with Gasteiger partial charge in [0.2, 0.25) is 0 Å². The molecule has 0 aliphatic carbocycles. The van der Waals surface area contributed by atoms with E-state index < -0.39 is 0 Å². The summed E-state index contributed by atoms with van der Waals surface area (Å²) in [6.07, 6.45) is 10.6. The molecule has 3 rings (SSSR count). The van der Waals surface area contributed by atoms with Crippen molar-refractivity contribution in [3.8, 4) is 11.4 Å². The third-order valence-electron chi connectivity index (χ3n) is 2.83. The minimum atomic E-state index is 0.672. The Kier molecular flexibility index (Phi) is 3.98. The topological polar surface area (TPSA) is 51.6 Å². The van der Waals surface area contributed by atoms with Gasteiger partial charge in [0, 0.05) is 34.7 Å². The maximum absolute atomic E-state index is 5.86. The van der Waals surface area contributed by atoms with E-state index in [1.165, 1.54) is 6.33 Å². The van der Waals surface area contributed by atoms with Gasteiger partial charge in [0.1, 0.15) is 6.33 Å². The summed E-state index contributed by atoms with van der Waals surface area (Å²) in [6.45, 7) is 0. The summed E-state index contributed by atoms with van der Waals surface area (Å²) in [5.74, 6) is 0.672. The molecule has 102 valence electrons. The highest BCUT2D eigenvalue weighted by Gasteiger charge is 2.00. The normalized spacial score (nSPS) is 10.9. The van der Waals surface area contributed by atoms with Crippen molar-refractivity contribution in [2.45, 2.75) is 0 Å². The number of aromatic nitrogens is 4. The fraction of sp³-hybridized carbons (Fsp3) is 0. The second-order valence-corrected chi connectivity index (χ2v) is 4.75. The Morgan fingerprint density at radius 1 is 0.857 bits per heavy atom. The predicted octanol–water partition coefficient (Wildman–Crippen LogP) is 3.76. The fourth-order valence-electron chi connectivity index (χ4n) is 1.75. The van der Waals surface area contributed by atoms with Crippen LogP contribution in [0.3, 0.4) is 0 Å². The highest BCUT2D eigenvalue weighted by molar-refractivity contribution is 6.30. The molecule has 2 aromatic heterocycles. The third kappa shape index (κ3) is 3.49. The largest absolute Gasteiger partial charge is 0.245 e. The first kappa shape index (κ1) is 13.4. The number of hydrogen-bond donors (Lipinski definition) is 0. The average Bonchev–Trinajstić information content (AvgIpc) is 2.55. The first-order chi connectivity index (χ1) is 10.3. The van der Waals surface area contributed by atoms with Crippen LogP contribution in [0.5, 0.6) is 0 Å². The maximum Gasteiger partial charge on any atom is 0.159 e. The SMILES string of the molecule is Clc1ccc(-c2ncc(C=Cc3ccncn3)cn2)cc1. The van der Waals surface area contributed by atoms with Crippen LogP contribution in [-0.2, 0) is 0 Å². The van der Waals surface area contributed by atoms with Crippen LogP contribution in [0.4, 0.5) is 0 Å². The van der Waals surface area contributed by atoms with Gasteiger partial charge in [0.05, 0.1) is 5.69 Å². The van der Waals surface area contributed by atoms with E-state index in [4.69, 9.17) is 11.6 Å². The minimum absolute atomic E-state index is 0.672. The minimum Gasteiger partial charge on any atom is -0.245 e. The zero-order valence-electron chi connectivity index (χ0n) is 11.0. The first-order valence-electron chi connectivity index (χ1n) is 6.33. The maximum atomic E-state index is 5.86. The fourth-order valence-corrected chi connectivity index (χ4v) is 1.88. The molecule has 0 fully saturated rings. The lowest BCUT2D eigenvalue weighted by molar-refractivity contribution is 1.15. The molecule has 5 heteroatoms. The molecule has 0 amide bonds. The van der Waals surface area contributed by atoms with Crippen molar-refractivity contribution >= 4 is 23.8 Å². The standard InChI is InChI=1S/C16H11ClN4/c17-14-4-2-13(3-5-14)16-19-9-12(10-20-16)1-6-15-7-8-18-11-21-15/h1-11H. The van der Waals surface area contributed by atoms with Crippen LogP contribution in [-0.4, -0.2) is 19.9 Å². The van der Waals surface area contributed by atoms with Gasteiger partial charge in [-0.25, -0.2) is 19.9 Å². The van der Waals surface area contributed by atoms with Crippen LogP contribution in [0.1, 0.15) is 11.3 Å². The van der Waals surface area contributed by atoms with Crippen molar-refractivity contribution in [2.24, 2.45) is 0 Å². The number of hydrogen-bond acceptors (Lipinski definition) is 4. The molecule has 0 radical (unpaired) electrons. The lowest BCUT2D eigenvalue weighted by Gasteiger charge is -2.00. The van der Waals surface area contributed by atoms with E-state index in [2.05, 4.69) is 19.9 Å². The van der Waals surface area contributed by atoms with Gasteiger partial charge in [-0.1, -0.05) is 11.6 Å². The second-order valence-electron chi connectivity index (χ2n) is 4.31. The zero-order valence-corrected chi connectivity index (χ0v) is 11.8. The molecule has 0 saturated heterocycles. The zero-order chi connectivity index (χ0) is 14.5. The summed E-state index contributed by atoms with van der Waals surface area (Å²) in [5.41, 5.74) is 2.68. The Labute approximate surface area is 127 Å². The van der Waals surface area contributed by atoms with Crippen molar-refractivity contribution in [3.05, 3.63) is 71.5 Å². The first-order valence-corrected chi connectivity index (χ1v) is 6.71. The molecule has 0 aliphatic heterocycles. The molecule has 0 aliphatic rings. The van der Waals surface area contributed by atoms with Crippen LogP contribution < -0.4 is 0 Å². The highest BCUT2D eigenvalue weighted by Crippen LogP contribution is 2.17. The second kappa shape index (κ2) is 6.24. The van der Waals surface area contributed by atoms with E-state index in [9.17, 15) is 0 Å². The van der Waals surface area contributed by atoms with Crippen LogP contribution >= 0.6 is 11.6 Å². The van der Waals surface area contributed by atoms with Crippen LogP contribution in [0.2, 0.25) is 5.02 Å². The lowest BCUT2D eigenvalue weighted by atomic mass is 10.2.